The number of carbonyl (C=O) groups excluding carboxylic acids is 1. The van der Waals surface area contributed by atoms with E-state index in [0.29, 0.717) is 19.8 Å². The maximum absolute atomic E-state index is 12.7. The summed E-state index contributed by atoms with van der Waals surface area (Å²) in [5, 5.41) is 4.81. The molecule has 1 amide bonds. The molecule has 0 bridgehead atoms. The van der Waals surface area contributed by atoms with Crippen LogP contribution < -0.4 is 10.1 Å². The molecule has 1 aliphatic rings. The molecular weight excluding hydrogens is 393 g/mol. The van der Waals surface area contributed by atoms with Crippen LogP contribution in [0.2, 0.25) is 0 Å². The summed E-state index contributed by atoms with van der Waals surface area (Å²) in [5.41, 5.74) is -0.810. The van der Waals surface area contributed by atoms with Crippen molar-refractivity contribution in [2.24, 2.45) is 0 Å². The largest absolute Gasteiger partial charge is 0.484 e. The molecule has 1 saturated heterocycles. The molecule has 1 N–H and O–H groups in total. The number of ether oxygens (including phenoxy) is 2. The summed E-state index contributed by atoms with van der Waals surface area (Å²) >= 11 is 1.62. The monoisotopic (exact) mass is 414 g/mol. The lowest BCUT2D eigenvalue weighted by Crippen LogP contribution is -2.44. The molecule has 0 unspecified atom stereocenters. The maximum Gasteiger partial charge on any atom is 0.416 e. The zero-order chi connectivity index (χ0) is 20.0. The van der Waals surface area contributed by atoms with Crippen LogP contribution in [-0.4, -0.2) is 50.3 Å². The van der Waals surface area contributed by atoms with Crippen LogP contribution in [0, 0.1) is 0 Å². The van der Waals surface area contributed by atoms with Crippen molar-refractivity contribution < 1.29 is 27.4 Å². The van der Waals surface area contributed by atoms with Crippen LogP contribution in [0.25, 0.3) is 0 Å². The molecule has 1 atom stereocenters. The number of amides is 1. The van der Waals surface area contributed by atoms with Crippen molar-refractivity contribution in [1.29, 1.82) is 0 Å². The number of hydrogen-bond donors (Lipinski definition) is 1. The predicted octanol–water partition coefficient (Wildman–Crippen LogP) is 3.34. The highest BCUT2D eigenvalue weighted by atomic mass is 32.1. The molecule has 1 aliphatic heterocycles. The van der Waals surface area contributed by atoms with Gasteiger partial charge in [0.25, 0.3) is 5.91 Å². The Morgan fingerprint density at radius 1 is 1.25 bits per heavy atom. The van der Waals surface area contributed by atoms with E-state index >= 15 is 0 Å². The van der Waals surface area contributed by atoms with Gasteiger partial charge in [0.1, 0.15) is 5.75 Å². The van der Waals surface area contributed by atoms with Crippen molar-refractivity contribution in [2.45, 2.75) is 12.2 Å². The summed E-state index contributed by atoms with van der Waals surface area (Å²) in [7, 11) is 0. The topological polar surface area (TPSA) is 50.8 Å². The minimum Gasteiger partial charge on any atom is -0.484 e. The number of rotatable bonds is 7. The van der Waals surface area contributed by atoms with E-state index in [-0.39, 0.29) is 24.3 Å². The van der Waals surface area contributed by atoms with Gasteiger partial charge in [-0.05, 0) is 29.6 Å². The van der Waals surface area contributed by atoms with E-state index in [1.807, 2.05) is 17.5 Å². The minimum atomic E-state index is -4.45. The number of nitrogens with one attached hydrogen (secondary N) is 1. The van der Waals surface area contributed by atoms with Crippen LogP contribution in [-0.2, 0) is 15.7 Å². The lowest BCUT2D eigenvalue weighted by Gasteiger charge is -2.34. The lowest BCUT2D eigenvalue weighted by atomic mass is 10.2. The van der Waals surface area contributed by atoms with Gasteiger partial charge in [0.2, 0.25) is 0 Å². The van der Waals surface area contributed by atoms with Gasteiger partial charge in [-0.3, -0.25) is 9.69 Å². The zero-order valence-electron chi connectivity index (χ0n) is 15.1. The van der Waals surface area contributed by atoms with E-state index < -0.39 is 11.7 Å². The average Bonchev–Trinajstić information content (AvgIpc) is 3.21. The Kier molecular flexibility index (Phi) is 6.93. The zero-order valence-corrected chi connectivity index (χ0v) is 15.9. The van der Waals surface area contributed by atoms with Gasteiger partial charge in [-0.2, -0.15) is 13.2 Å². The number of alkyl halides is 3. The maximum atomic E-state index is 12.7. The van der Waals surface area contributed by atoms with Crippen LogP contribution in [0.15, 0.2) is 41.8 Å². The SMILES string of the molecule is O=C(COc1cccc(C(F)(F)F)c1)NC[C@@H](c1cccs1)N1CCOCC1. The van der Waals surface area contributed by atoms with Crippen LogP contribution in [0.4, 0.5) is 13.2 Å². The molecule has 1 aromatic carbocycles. The Morgan fingerprint density at radius 2 is 2.04 bits per heavy atom. The van der Waals surface area contributed by atoms with Crippen LogP contribution in [0.1, 0.15) is 16.5 Å². The van der Waals surface area contributed by atoms with Crippen LogP contribution in [0.3, 0.4) is 0 Å². The average molecular weight is 414 g/mol. The molecule has 0 aliphatic carbocycles. The molecule has 0 saturated carbocycles. The third-order valence-corrected chi connectivity index (χ3v) is 5.36. The van der Waals surface area contributed by atoms with Crippen molar-refractivity contribution >= 4 is 17.2 Å². The Labute approximate surface area is 165 Å². The number of carbonyl (C=O) groups is 1. The molecule has 28 heavy (non-hydrogen) atoms. The van der Waals surface area contributed by atoms with Crippen molar-refractivity contribution in [1.82, 2.24) is 10.2 Å². The van der Waals surface area contributed by atoms with Gasteiger partial charge in [-0.1, -0.05) is 12.1 Å². The van der Waals surface area contributed by atoms with Crippen molar-refractivity contribution in [3.8, 4) is 5.75 Å². The van der Waals surface area contributed by atoms with Gasteiger partial charge in [0, 0.05) is 24.5 Å². The van der Waals surface area contributed by atoms with Crippen LogP contribution >= 0.6 is 11.3 Å². The van der Waals surface area contributed by atoms with E-state index in [2.05, 4.69) is 10.2 Å². The Bertz CT molecular complexity index is 762. The van der Waals surface area contributed by atoms with Crippen LogP contribution in [0.5, 0.6) is 5.75 Å². The molecule has 1 fully saturated rings. The molecule has 0 spiro atoms. The normalized spacial score (nSPS) is 16.5. The van der Waals surface area contributed by atoms with E-state index in [0.717, 1.165) is 30.1 Å². The number of benzene rings is 1. The van der Waals surface area contributed by atoms with Gasteiger partial charge in [-0.25, -0.2) is 0 Å². The number of morpholine rings is 1. The summed E-state index contributed by atoms with van der Waals surface area (Å²) in [5.74, 6) is -0.375. The molecule has 2 heterocycles. The van der Waals surface area contributed by atoms with Crippen molar-refractivity contribution in [2.75, 3.05) is 39.5 Å². The molecule has 5 nitrogen and oxygen atoms in total. The molecule has 0 radical (unpaired) electrons. The van der Waals surface area contributed by atoms with Gasteiger partial charge in [-0.15, -0.1) is 11.3 Å². The van der Waals surface area contributed by atoms with Crippen molar-refractivity contribution in [3.63, 3.8) is 0 Å². The molecule has 1 aromatic heterocycles. The van der Waals surface area contributed by atoms with Gasteiger partial charge < -0.3 is 14.8 Å². The minimum absolute atomic E-state index is 0.00737. The summed E-state index contributed by atoms with van der Waals surface area (Å²) in [4.78, 5) is 15.5. The first-order chi connectivity index (χ1) is 13.4. The molecular formula is C19H21F3N2O3S. The Balaban J connectivity index is 1.53. The highest BCUT2D eigenvalue weighted by molar-refractivity contribution is 7.10. The number of hydrogen-bond acceptors (Lipinski definition) is 5. The summed E-state index contributed by atoms with van der Waals surface area (Å²) in [6, 6.07) is 8.51. The smallest absolute Gasteiger partial charge is 0.416 e. The number of thiophene rings is 1. The predicted molar refractivity (Wildman–Crippen MR) is 99.4 cm³/mol. The van der Waals surface area contributed by atoms with Gasteiger partial charge in [0.05, 0.1) is 24.8 Å². The quantitative estimate of drug-likeness (QED) is 0.755. The number of halogens is 3. The fourth-order valence-electron chi connectivity index (χ4n) is 2.95. The summed E-state index contributed by atoms with van der Waals surface area (Å²) < 4.78 is 48.8. The Hall–Kier alpha value is -2.10. The second-order valence-corrected chi connectivity index (χ2v) is 7.28. The molecule has 152 valence electrons. The standard InChI is InChI=1S/C19H21F3N2O3S/c20-19(21,22)14-3-1-4-15(11-14)27-13-18(25)23-12-16(17-5-2-10-28-17)24-6-8-26-9-7-24/h1-5,10-11,16H,6-9,12-13H2,(H,23,25)/t16-/m0/s1. The molecule has 9 heteroatoms. The highest BCUT2D eigenvalue weighted by Gasteiger charge is 2.30. The first kappa shape index (κ1) is 20.6. The fourth-order valence-corrected chi connectivity index (χ4v) is 3.81. The highest BCUT2D eigenvalue weighted by Crippen LogP contribution is 2.31. The first-order valence-corrected chi connectivity index (χ1v) is 9.73. The first-order valence-electron chi connectivity index (χ1n) is 8.85. The van der Waals surface area contributed by atoms with E-state index in [1.165, 1.54) is 12.1 Å². The van der Waals surface area contributed by atoms with E-state index in [4.69, 9.17) is 9.47 Å². The van der Waals surface area contributed by atoms with E-state index in [1.54, 1.807) is 11.3 Å². The van der Waals surface area contributed by atoms with E-state index in [9.17, 15) is 18.0 Å². The second-order valence-electron chi connectivity index (χ2n) is 6.30. The molecule has 3 rings (SSSR count). The Morgan fingerprint density at radius 3 is 2.71 bits per heavy atom. The summed E-state index contributed by atoms with van der Waals surface area (Å²) in [6.45, 7) is 2.90. The molecule has 2 aromatic rings. The number of nitrogens with zero attached hydrogens (tertiary/aromatic N) is 1. The second kappa shape index (κ2) is 9.40. The fraction of sp³-hybridized carbons (Fsp3) is 0.421. The van der Waals surface area contributed by atoms with Crippen molar-refractivity contribution in [3.05, 3.63) is 52.2 Å². The van der Waals surface area contributed by atoms with Gasteiger partial charge >= 0.3 is 6.18 Å². The summed E-state index contributed by atoms with van der Waals surface area (Å²) in [6.07, 6.45) is -4.45. The lowest BCUT2D eigenvalue weighted by molar-refractivity contribution is -0.137. The third kappa shape index (κ3) is 5.70. The third-order valence-electron chi connectivity index (χ3n) is 4.38. The van der Waals surface area contributed by atoms with Gasteiger partial charge in [0.15, 0.2) is 6.61 Å².